The fourth-order valence-electron chi connectivity index (χ4n) is 2.23. The van der Waals surface area contributed by atoms with Gasteiger partial charge >= 0.3 is 0 Å². The monoisotopic (exact) mass is 327 g/mol. The molecule has 1 fully saturated rings. The Hall–Kier alpha value is -0.420. The molecule has 2 rings (SSSR count). The van der Waals surface area contributed by atoms with Gasteiger partial charge in [0.15, 0.2) is 0 Å². The van der Waals surface area contributed by atoms with Gasteiger partial charge in [0.2, 0.25) is 0 Å². The summed E-state index contributed by atoms with van der Waals surface area (Å²) in [5.41, 5.74) is 1.21. The molecule has 2 atom stereocenters. The Labute approximate surface area is 123 Å². The highest BCUT2D eigenvalue weighted by molar-refractivity contribution is 9.10. The Morgan fingerprint density at radius 3 is 3.00 bits per heavy atom. The minimum absolute atomic E-state index is 0.0776. The Kier molecular flexibility index (Phi) is 6.31. The smallest absolute Gasteiger partial charge is 0.0965 e. The van der Waals surface area contributed by atoms with E-state index < -0.39 is 0 Å². The summed E-state index contributed by atoms with van der Waals surface area (Å²) in [7, 11) is 0. The second-order valence-corrected chi connectivity index (χ2v) is 5.69. The van der Waals surface area contributed by atoms with Gasteiger partial charge < -0.3 is 14.8 Å². The second kappa shape index (κ2) is 8.00. The summed E-state index contributed by atoms with van der Waals surface area (Å²) < 4.78 is 12.7. The predicted molar refractivity (Wildman–Crippen MR) is 80.4 cm³/mol. The van der Waals surface area contributed by atoms with Crippen LogP contribution in [0.25, 0.3) is 0 Å². The lowest BCUT2D eigenvalue weighted by molar-refractivity contribution is -0.0167. The maximum atomic E-state index is 6.21. The first-order valence-corrected chi connectivity index (χ1v) is 7.79. The van der Waals surface area contributed by atoms with E-state index in [4.69, 9.17) is 9.47 Å². The van der Waals surface area contributed by atoms with Gasteiger partial charge in [0.05, 0.1) is 18.8 Å². The van der Waals surface area contributed by atoms with Gasteiger partial charge in [0.25, 0.3) is 0 Å². The number of nitrogens with one attached hydrogen (secondary N) is 1. The van der Waals surface area contributed by atoms with E-state index in [9.17, 15) is 0 Å². The largest absolute Gasteiger partial charge is 0.379 e. The molecular weight excluding hydrogens is 306 g/mol. The molecule has 4 heteroatoms. The van der Waals surface area contributed by atoms with E-state index in [0.717, 1.165) is 37.0 Å². The summed E-state index contributed by atoms with van der Waals surface area (Å²) in [6, 6.07) is 8.28. The lowest BCUT2D eigenvalue weighted by atomic mass is 10.1. The first kappa shape index (κ1) is 15.0. The number of rotatable bonds is 7. The molecule has 0 aromatic heterocycles. The molecule has 1 aromatic rings. The fraction of sp³-hybridized carbons (Fsp3) is 0.600. The normalized spacial score (nSPS) is 20.6. The summed E-state index contributed by atoms with van der Waals surface area (Å²) in [6.45, 7) is 5.56. The van der Waals surface area contributed by atoms with Gasteiger partial charge in [-0.05, 0) is 31.0 Å². The summed E-state index contributed by atoms with van der Waals surface area (Å²) in [6.07, 6.45) is 2.43. The van der Waals surface area contributed by atoms with Crippen molar-refractivity contribution in [1.29, 1.82) is 0 Å². The lowest BCUT2D eigenvalue weighted by Crippen LogP contribution is -2.27. The van der Waals surface area contributed by atoms with Crippen molar-refractivity contribution in [2.75, 3.05) is 26.3 Å². The molecule has 106 valence electrons. The molecule has 1 saturated heterocycles. The molecule has 0 radical (unpaired) electrons. The third kappa shape index (κ3) is 4.56. The average molecular weight is 328 g/mol. The van der Waals surface area contributed by atoms with Crippen LogP contribution in [0.1, 0.15) is 31.4 Å². The second-order valence-electron chi connectivity index (χ2n) is 4.84. The van der Waals surface area contributed by atoms with Crippen LogP contribution in [0.15, 0.2) is 28.7 Å². The predicted octanol–water partition coefficient (Wildman–Crippen LogP) is 3.30. The van der Waals surface area contributed by atoms with Crippen LogP contribution in [0.5, 0.6) is 0 Å². The number of hydrogen-bond acceptors (Lipinski definition) is 3. The van der Waals surface area contributed by atoms with Crippen molar-refractivity contribution in [3.8, 4) is 0 Å². The summed E-state index contributed by atoms with van der Waals surface area (Å²) in [4.78, 5) is 0. The van der Waals surface area contributed by atoms with Gasteiger partial charge in [0.1, 0.15) is 0 Å². The summed E-state index contributed by atoms with van der Waals surface area (Å²) >= 11 is 3.62. The number of hydrogen-bond donors (Lipinski definition) is 1. The molecule has 2 unspecified atom stereocenters. The lowest BCUT2D eigenvalue weighted by Gasteiger charge is -2.23. The van der Waals surface area contributed by atoms with Gasteiger partial charge in [-0.25, -0.2) is 0 Å². The molecular formula is C15H22BrNO2. The molecule has 0 aliphatic carbocycles. The minimum atomic E-state index is 0.0776. The molecule has 0 amide bonds. The summed E-state index contributed by atoms with van der Waals surface area (Å²) in [5.74, 6) is 0. The van der Waals surface area contributed by atoms with E-state index in [1.54, 1.807) is 0 Å². The standard InChI is InChI=1S/C15H22BrNO2/c1-2-8-17-10-15(19-12-7-9-18-11-12)13-5-3-4-6-14(13)16/h3-6,12,15,17H,2,7-11H2,1H3. The Morgan fingerprint density at radius 1 is 1.47 bits per heavy atom. The fourth-order valence-corrected chi connectivity index (χ4v) is 2.77. The zero-order valence-corrected chi connectivity index (χ0v) is 13.0. The third-order valence-corrected chi connectivity index (χ3v) is 3.98. The highest BCUT2D eigenvalue weighted by atomic mass is 79.9. The van der Waals surface area contributed by atoms with Gasteiger partial charge in [0, 0.05) is 17.6 Å². The van der Waals surface area contributed by atoms with Crippen LogP contribution in [-0.2, 0) is 9.47 Å². The van der Waals surface area contributed by atoms with E-state index in [1.165, 1.54) is 5.56 Å². The minimum Gasteiger partial charge on any atom is -0.379 e. The Balaban J connectivity index is 2.02. The van der Waals surface area contributed by atoms with Crippen molar-refractivity contribution in [2.24, 2.45) is 0 Å². The molecule has 0 saturated carbocycles. The van der Waals surface area contributed by atoms with Crippen molar-refractivity contribution in [3.63, 3.8) is 0 Å². The molecule has 1 aromatic carbocycles. The van der Waals surface area contributed by atoms with Crippen molar-refractivity contribution in [3.05, 3.63) is 34.3 Å². The van der Waals surface area contributed by atoms with Crippen LogP contribution >= 0.6 is 15.9 Å². The zero-order valence-electron chi connectivity index (χ0n) is 11.4. The van der Waals surface area contributed by atoms with Crippen molar-refractivity contribution in [1.82, 2.24) is 5.32 Å². The highest BCUT2D eigenvalue weighted by Gasteiger charge is 2.23. The molecule has 19 heavy (non-hydrogen) atoms. The first-order chi connectivity index (χ1) is 9.31. The van der Waals surface area contributed by atoms with Crippen LogP contribution in [0.3, 0.4) is 0 Å². The number of halogens is 1. The highest BCUT2D eigenvalue weighted by Crippen LogP contribution is 2.28. The van der Waals surface area contributed by atoms with E-state index in [-0.39, 0.29) is 12.2 Å². The number of ether oxygens (including phenoxy) is 2. The molecule has 1 heterocycles. The first-order valence-electron chi connectivity index (χ1n) is 6.99. The van der Waals surface area contributed by atoms with E-state index in [2.05, 4.69) is 46.4 Å². The average Bonchev–Trinajstić information content (AvgIpc) is 2.91. The number of benzene rings is 1. The molecule has 1 N–H and O–H groups in total. The van der Waals surface area contributed by atoms with Crippen LogP contribution in [-0.4, -0.2) is 32.4 Å². The quantitative estimate of drug-likeness (QED) is 0.779. The maximum absolute atomic E-state index is 6.21. The topological polar surface area (TPSA) is 30.5 Å². The van der Waals surface area contributed by atoms with Crippen LogP contribution < -0.4 is 5.32 Å². The van der Waals surface area contributed by atoms with Gasteiger partial charge in [-0.15, -0.1) is 0 Å². The van der Waals surface area contributed by atoms with Gasteiger partial charge in [-0.3, -0.25) is 0 Å². The van der Waals surface area contributed by atoms with Crippen LogP contribution in [0.4, 0.5) is 0 Å². The molecule has 0 bridgehead atoms. The van der Waals surface area contributed by atoms with Crippen LogP contribution in [0.2, 0.25) is 0 Å². The van der Waals surface area contributed by atoms with Gasteiger partial charge in [-0.2, -0.15) is 0 Å². The molecule has 1 aliphatic heterocycles. The third-order valence-electron chi connectivity index (χ3n) is 3.25. The van der Waals surface area contributed by atoms with E-state index in [1.807, 2.05) is 6.07 Å². The van der Waals surface area contributed by atoms with Gasteiger partial charge in [-0.1, -0.05) is 41.1 Å². The van der Waals surface area contributed by atoms with Crippen molar-refractivity contribution < 1.29 is 9.47 Å². The molecule has 1 aliphatic rings. The van der Waals surface area contributed by atoms with E-state index in [0.29, 0.717) is 6.61 Å². The van der Waals surface area contributed by atoms with Crippen LogP contribution in [0, 0.1) is 0 Å². The maximum Gasteiger partial charge on any atom is 0.0965 e. The SMILES string of the molecule is CCCNCC(OC1CCOC1)c1ccccc1Br. The van der Waals surface area contributed by atoms with Crippen molar-refractivity contribution >= 4 is 15.9 Å². The summed E-state index contributed by atoms with van der Waals surface area (Å²) in [5, 5.41) is 3.45. The Morgan fingerprint density at radius 2 is 2.32 bits per heavy atom. The molecule has 0 spiro atoms. The zero-order chi connectivity index (χ0) is 13.5. The molecule has 3 nitrogen and oxygen atoms in total. The van der Waals surface area contributed by atoms with E-state index >= 15 is 0 Å². The van der Waals surface area contributed by atoms with Crippen molar-refractivity contribution in [2.45, 2.75) is 32.0 Å². The Bertz CT molecular complexity index is 380.